The Hall–Kier alpha value is -2.12. The zero-order valence-corrected chi connectivity index (χ0v) is 17.3. The lowest BCUT2D eigenvalue weighted by Gasteiger charge is -2.42. The van der Waals surface area contributed by atoms with Gasteiger partial charge in [-0.15, -0.1) is 21.5 Å². The first-order valence-corrected chi connectivity index (χ1v) is 11.5. The number of nitrogens with zero attached hydrogens (tertiary/aromatic N) is 3. The molecular weight excluding hydrogens is 388 g/mol. The maximum Gasteiger partial charge on any atom is 0.230 e. The highest BCUT2D eigenvalue weighted by molar-refractivity contribution is 7.99. The van der Waals surface area contributed by atoms with Gasteiger partial charge in [-0.2, -0.15) is 0 Å². The SMILES string of the molecule is O=C(CSc1nncn1CCc1cccs1)NCC1(c2ccccc2)CCC1. The second-order valence-corrected chi connectivity index (χ2v) is 9.18. The first-order chi connectivity index (χ1) is 13.8. The molecular formula is C21H24N4OS2. The number of amides is 1. The van der Waals surface area contributed by atoms with Gasteiger partial charge in [0.2, 0.25) is 5.91 Å². The van der Waals surface area contributed by atoms with E-state index in [0.717, 1.165) is 31.0 Å². The van der Waals surface area contributed by atoms with Crippen LogP contribution in [0, 0.1) is 0 Å². The van der Waals surface area contributed by atoms with Gasteiger partial charge in [-0.05, 0) is 36.3 Å². The Morgan fingerprint density at radius 2 is 2.07 bits per heavy atom. The average molecular weight is 413 g/mol. The summed E-state index contributed by atoms with van der Waals surface area (Å²) >= 11 is 3.21. The van der Waals surface area contributed by atoms with Crippen molar-refractivity contribution in [1.82, 2.24) is 20.1 Å². The minimum atomic E-state index is 0.0556. The molecule has 2 heterocycles. The minimum absolute atomic E-state index is 0.0556. The number of hydrogen-bond acceptors (Lipinski definition) is 5. The zero-order valence-electron chi connectivity index (χ0n) is 15.7. The molecule has 0 unspecified atom stereocenters. The van der Waals surface area contributed by atoms with Crippen LogP contribution in [0.25, 0.3) is 0 Å². The fourth-order valence-corrected chi connectivity index (χ4v) is 5.08. The number of thiophene rings is 1. The third-order valence-corrected chi connectivity index (χ3v) is 7.33. The molecule has 1 N–H and O–H groups in total. The number of hydrogen-bond donors (Lipinski definition) is 1. The second-order valence-electron chi connectivity index (χ2n) is 7.20. The number of nitrogens with one attached hydrogen (secondary N) is 1. The molecule has 3 aromatic rings. The molecule has 0 radical (unpaired) electrons. The Balaban J connectivity index is 1.27. The molecule has 1 amide bonds. The van der Waals surface area contributed by atoms with Crippen LogP contribution >= 0.6 is 23.1 Å². The van der Waals surface area contributed by atoms with Crippen LogP contribution in [-0.2, 0) is 23.2 Å². The van der Waals surface area contributed by atoms with Gasteiger partial charge >= 0.3 is 0 Å². The highest BCUT2D eigenvalue weighted by Gasteiger charge is 2.38. The van der Waals surface area contributed by atoms with Gasteiger partial charge in [-0.25, -0.2) is 0 Å². The standard InChI is InChI=1S/C21H24N4OS2/c26-19(22-15-21(10-5-11-21)17-6-2-1-3-7-17)14-28-20-24-23-16-25(20)12-9-18-8-4-13-27-18/h1-4,6-8,13,16H,5,9-12,14-15H2,(H,22,26). The van der Waals surface area contributed by atoms with Crippen LogP contribution in [0.15, 0.2) is 59.3 Å². The van der Waals surface area contributed by atoms with Gasteiger partial charge < -0.3 is 9.88 Å². The highest BCUT2D eigenvalue weighted by Crippen LogP contribution is 2.43. The van der Waals surface area contributed by atoms with Crippen molar-refractivity contribution < 1.29 is 4.79 Å². The van der Waals surface area contributed by atoms with Crippen LogP contribution in [0.5, 0.6) is 0 Å². The molecule has 28 heavy (non-hydrogen) atoms. The Labute approximate surface area is 173 Å². The molecule has 0 atom stereocenters. The summed E-state index contributed by atoms with van der Waals surface area (Å²) in [6.45, 7) is 1.54. The van der Waals surface area contributed by atoms with Gasteiger partial charge in [0.15, 0.2) is 5.16 Å². The summed E-state index contributed by atoms with van der Waals surface area (Å²) in [5, 5.41) is 14.2. The molecule has 1 aliphatic rings. The van der Waals surface area contributed by atoms with Crippen molar-refractivity contribution in [3.63, 3.8) is 0 Å². The maximum absolute atomic E-state index is 12.4. The quantitative estimate of drug-likeness (QED) is 0.541. The van der Waals surface area contributed by atoms with Gasteiger partial charge in [0, 0.05) is 23.4 Å². The molecule has 0 aliphatic heterocycles. The van der Waals surface area contributed by atoms with E-state index in [4.69, 9.17) is 0 Å². The Morgan fingerprint density at radius 1 is 1.21 bits per heavy atom. The third kappa shape index (κ3) is 4.47. The number of aromatic nitrogens is 3. The smallest absolute Gasteiger partial charge is 0.230 e. The molecule has 146 valence electrons. The first-order valence-electron chi connectivity index (χ1n) is 9.60. The fourth-order valence-electron chi connectivity index (χ4n) is 3.61. The van der Waals surface area contributed by atoms with E-state index in [2.05, 4.69) is 57.3 Å². The largest absolute Gasteiger partial charge is 0.354 e. The lowest BCUT2D eigenvalue weighted by atomic mass is 9.64. The molecule has 2 aromatic heterocycles. The summed E-state index contributed by atoms with van der Waals surface area (Å²) in [6, 6.07) is 14.8. The normalized spacial score (nSPS) is 15.1. The fraction of sp³-hybridized carbons (Fsp3) is 0.381. The van der Waals surface area contributed by atoms with E-state index in [1.165, 1.54) is 28.6 Å². The van der Waals surface area contributed by atoms with Crippen molar-refractivity contribution in [2.45, 2.75) is 42.8 Å². The summed E-state index contributed by atoms with van der Waals surface area (Å²) in [5.41, 5.74) is 1.45. The number of thioether (sulfide) groups is 1. The number of carbonyl (C=O) groups is 1. The lowest BCUT2D eigenvalue weighted by Crippen LogP contribution is -2.46. The molecule has 0 saturated heterocycles. The van der Waals surface area contributed by atoms with E-state index in [1.54, 1.807) is 17.7 Å². The summed E-state index contributed by atoms with van der Waals surface area (Å²) in [5.74, 6) is 0.419. The van der Waals surface area contributed by atoms with Crippen molar-refractivity contribution in [3.05, 3.63) is 64.6 Å². The zero-order chi connectivity index (χ0) is 19.2. The van der Waals surface area contributed by atoms with Crippen LogP contribution in [0.2, 0.25) is 0 Å². The monoisotopic (exact) mass is 412 g/mol. The average Bonchev–Trinajstić information content (AvgIpc) is 3.36. The number of rotatable bonds is 9. The van der Waals surface area contributed by atoms with Crippen LogP contribution in [0.4, 0.5) is 0 Å². The predicted octanol–water partition coefficient (Wildman–Crippen LogP) is 3.91. The van der Waals surface area contributed by atoms with Crippen LogP contribution in [0.1, 0.15) is 29.7 Å². The molecule has 1 saturated carbocycles. The molecule has 4 rings (SSSR count). The van der Waals surface area contributed by atoms with Crippen molar-refractivity contribution >= 4 is 29.0 Å². The Bertz CT molecular complexity index is 888. The summed E-state index contributed by atoms with van der Waals surface area (Å²) < 4.78 is 2.02. The summed E-state index contributed by atoms with van der Waals surface area (Å²) in [4.78, 5) is 13.8. The van der Waals surface area contributed by atoms with Crippen molar-refractivity contribution in [3.8, 4) is 0 Å². The van der Waals surface area contributed by atoms with E-state index in [9.17, 15) is 4.79 Å². The van der Waals surface area contributed by atoms with Crippen LogP contribution in [-0.4, -0.2) is 33.0 Å². The predicted molar refractivity (Wildman–Crippen MR) is 114 cm³/mol. The minimum Gasteiger partial charge on any atom is -0.354 e. The lowest BCUT2D eigenvalue weighted by molar-refractivity contribution is -0.119. The number of aryl methyl sites for hydroxylation is 2. The van der Waals surface area contributed by atoms with Gasteiger partial charge in [0.25, 0.3) is 0 Å². The van der Waals surface area contributed by atoms with E-state index < -0.39 is 0 Å². The molecule has 1 fully saturated rings. The summed E-state index contributed by atoms with van der Waals surface area (Å²) in [6.07, 6.45) is 6.21. The molecule has 7 heteroatoms. The number of carbonyl (C=O) groups excluding carboxylic acids is 1. The number of benzene rings is 1. The molecule has 5 nitrogen and oxygen atoms in total. The van der Waals surface area contributed by atoms with E-state index >= 15 is 0 Å². The van der Waals surface area contributed by atoms with Crippen LogP contribution < -0.4 is 5.32 Å². The van der Waals surface area contributed by atoms with E-state index in [-0.39, 0.29) is 11.3 Å². The van der Waals surface area contributed by atoms with Gasteiger partial charge in [-0.3, -0.25) is 4.79 Å². The molecule has 1 aromatic carbocycles. The highest BCUT2D eigenvalue weighted by atomic mass is 32.2. The third-order valence-electron chi connectivity index (χ3n) is 5.41. The summed E-state index contributed by atoms with van der Waals surface area (Å²) in [7, 11) is 0. The van der Waals surface area contributed by atoms with Gasteiger partial charge in [0.05, 0.1) is 5.75 Å². The molecule has 0 spiro atoms. The second kappa shape index (κ2) is 8.92. The van der Waals surface area contributed by atoms with Gasteiger partial charge in [0.1, 0.15) is 6.33 Å². The van der Waals surface area contributed by atoms with Crippen LogP contribution in [0.3, 0.4) is 0 Å². The van der Waals surface area contributed by atoms with Gasteiger partial charge in [-0.1, -0.05) is 54.6 Å². The molecule has 1 aliphatic carbocycles. The topological polar surface area (TPSA) is 59.8 Å². The Kier molecular flexibility index (Phi) is 6.12. The van der Waals surface area contributed by atoms with E-state index in [0.29, 0.717) is 12.3 Å². The van der Waals surface area contributed by atoms with Crippen molar-refractivity contribution in [2.24, 2.45) is 0 Å². The maximum atomic E-state index is 12.4. The van der Waals surface area contributed by atoms with Crippen molar-refractivity contribution in [1.29, 1.82) is 0 Å². The first kappa shape index (κ1) is 19.2. The molecule has 0 bridgehead atoms. The van der Waals surface area contributed by atoms with Crippen molar-refractivity contribution in [2.75, 3.05) is 12.3 Å². The van der Waals surface area contributed by atoms with E-state index in [1.807, 2.05) is 10.6 Å². The Morgan fingerprint density at radius 3 is 2.79 bits per heavy atom.